The number of likely N-dealkylation sites (tertiary alicyclic amines) is 6. The molecule has 6 aliphatic heterocycles. The Bertz CT molecular complexity index is 12000. The summed E-state index contributed by atoms with van der Waals surface area (Å²) < 4.78 is 830. The van der Waals surface area contributed by atoms with Gasteiger partial charge in [-0.15, -0.1) is 0 Å². The first-order chi connectivity index (χ1) is 108. The lowest BCUT2D eigenvalue weighted by Crippen LogP contribution is -2.53. The summed E-state index contributed by atoms with van der Waals surface area (Å²) in [6, 6.07) is -27.1. The van der Waals surface area contributed by atoms with Gasteiger partial charge in [-0.3, -0.25) is 28.8 Å². The summed E-state index contributed by atoms with van der Waals surface area (Å²) in [5.41, 5.74) is -2.32. The van der Waals surface area contributed by atoms with Crippen LogP contribution in [0.4, 0.5) is 34.9 Å². The van der Waals surface area contributed by atoms with Gasteiger partial charge in [0.2, 0.25) is 0 Å². The van der Waals surface area contributed by atoms with Crippen molar-refractivity contribution in [3.05, 3.63) is 177 Å². The van der Waals surface area contributed by atoms with Crippen LogP contribution in [0.25, 0.3) is 95.3 Å². The Labute approximate surface area is 980 Å². The van der Waals surface area contributed by atoms with Crippen LogP contribution in [0.2, 0.25) is 1.41 Å². The van der Waals surface area contributed by atoms with Crippen LogP contribution in [0.5, 0.6) is 0 Å². The summed E-state index contributed by atoms with van der Waals surface area (Å²) in [7, 11) is 0. The van der Waals surface area contributed by atoms with Gasteiger partial charge in [0.15, 0.2) is 1.41 Å². The van der Waals surface area contributed by atoms with Crippen molar-refractivity contribution in [2.45, 2.75) is 157 Å². The van der Waals surface area contributed by atoms with Crippen molar-refractivity contribution >= 4 is 137 Å². The van der Waals surface area contributed by atoms with Crippen LogP contribution in [-0.2, 0) is 28.8 Å². The normalized spacial score (nSPS) is 43.4. The average Bonchev–Trinajstić information content (AvgIpc) is 0.767. The number of rotatable bonds is 18. The van der Waals surface area contributed by atoms with E-state index in [1.807, 2.05) is 0 Å². The number of aromatic amines is 6. The minimum Gasteiger partial charge on any atom is -0.354 e. The molecule has 0 radical (unpaired) electrons. The number of carbonyl (C=O) groups is 6. The fourth-order valence-electron chi connectivity index (χ4n) is 12.0. The highest BCUT2D eigenvalue weighted by Gasteiger charge is 2.41. The van der Waals surface area contributed by atoms with Crippen LogP contribution in [0.15, 0.2) is 74.1 Å². The molecule has 12 aromatic heterocycles. The number of likely N-dealkylation sites (N-methyl/N-ethyl adjacent to an activating group) is 6. The molecule has 18 heterocycles. The molecule has 12 aromatic rings. The van der Waals surface area contributed by atoms with Crippen LogP contribution in [0.1, 0.15) is 249 Å². The number of anilines is 6. The van der Waals surface area contributed by atoms with Gasteiger partial charge in [0.25, 0.3) is 39.0 Å². The predicted octanol–water partition coefficient (Wildman–Crippen LogP) is 11.2. The summed E-state index contributed by atoms with van der Waals surface area (Å²) >= 11 is 0. The van der Waals surface area contributed by atoms with E-state index in [0.717, 1.165) is 13.8 Å². The van der Waals surface area contributed by atoms with Gasteiger partial charge in [0, 0.05) is 233 Å². The van der Waals surface area contributed by atoms with Crippen LogP contribution >= 0.6 is 0 Å². The van der Waals surface area contributed by atoms with E-state index in [4.69, 9.17) is 170 Å². The zero-order valence-electron chi connectivity index (χ0n) is 174. The Hall–Kier alpha value is -15.7. The Morgan fingerprint density at radius 2 is 0.569 bits per heavy atom. The Balaban J connectivity index is 0.000000230. The van der Waals surface area contributed by atoms with Crippen molar-refractivity contribution in [2.24, 2.45) is 35.4 Å². The van der Waals surface area contributed by atoms with Crippen molar-refractivity contribution in [1.29, 1.82) is 0 Å². The molecule has 0 bridgehead atoms. The van der Waals surface area contributed by atoms with Crippen LogP contribution < -0.4 is 29.4 Å². The number of aryl methyl sites for hydroxylation is 5. The number of amides is 6. The van der Waals surface area contributed by atoms with E-state index in [9.17, 15) is 35.6 Å². The number of nitrogens with one attached hydrogen (secondary N) is 6. The van der Waals surface area contributed by atoms with Crippen molar-refractivity contribution in [3.8, 4) is 0 Å². The SMILES string of the molecule is [2H]c1nc(N(C([2H])([2H])[2H])[C@@]2([2H])C([2H])([2H])N(C(=O)C([2H])([2H])[N+]#[C-])C([2H])([2H])C([2H])([2H])[C@@]2([2H])C([2H])([2H])[2H])c2c([2H])c(C)[nH]c2n1.[2H]c1nc(N(C([2H])([2H])[2H])[C@@]2([2H])C([2H])([2H])N(C(=O)C([2H])([2H])[N+]#[C-])C([2H])([2H])C([2H])([2H])[C@@]2([2H])C([2H])([2H])[2H])c2c([2H])c(C)n([2H])c2n1.[2H]c1nc(N(C([2H])([2H])[2H])[C@@]2([2H])C([2H])([2H])N(C(=O)C([2H])([2H])[N+]#[C-])C([2H])([2H])C([2H])([2H])[C@@]2([2H])C)c2c([2H])c(C)[nH]c2n1.[2H]c1nc(N(C([2H])([2H])[2H])[C@]2([2H])[C@H](C([2H])([2H])[2H])C([2H])([2H])C([2H])([2H])N(C(=O)C([2H])([2H])[N+]#[C-])C2([2H])[2H])c2c([2H])c(C)[nH]c2n1.[2H]c1nc(N(C([2H])([2H])[2H])[C@]2([2H])[C@H](C)C([2H])([2H])C([2H])([2H])N(C(=O)C([2H])([2H])[N+]#[C-])C2([2H])[2H])c2c([2H])c(C)[nH]c2n1.[2H]c1nc(N([C@H]2C([2H])([2H])N(C(=O)C([2H])([2H])[N+]#[C-])C([2H])([2H])C([2H])([2H])[C@@]2([2H])C([2H])([2H])[2H])C([2H])([2H])[2H])c2c([2H])c(C)[nH]c2n1. The third-order valence-corrected chi connectivity index (χ3v) is 18.2. The molecule has 0 unspecified atom stereocenters. The molecule has 6 N–H and O–H groups in total. The molecule has 6 amide bonds. The first-order valence-corrected chi connectivity index (χ1v) is 39.2. The third-order valence-electron chi connectivity index (χ3n) is 18.2. The Morgan fingerprint density at radius 1 is 0.333 bits per heavy atom. The van der Waals surface area contributed by atoms with Gasteiger partial charge >= 0.3 is 35.4 Å². The van der Waals surface area contributed by atoms with Crippen molar-refractivity contribution in [2.75, 3.05) is 188 Å². The van der Waals surface area contributed by atoms with Gasteiger partial charge in [-0.2, -0.15) is 0 Å². The second-order valence-corrected chi connectivity index (χ2v) is 27.9. The predicted molar refractivity (Wildman–Crippen MR) is 556 cm³/mol. The van der Waals surface area contributed by atoms with Crippen LogP contribution in [0.3, 0.4) is 0 Å². The number of H-pyrrole nitrogens is 6. The van der Waals surface area contributed by atoms with E-state index in [2.05, 4.69) is 114 Å². The average molecular weight is 2060 g/mol. The van der Waals surface area contributed by atoms with Crippen molar-refractivity contribution in [1.82, 2.24) is 119 Å². The molecule has 42 heteroatoms. The number of fused-ring (bicyclic) bond motifs is 6. The number of carbonyl (C=O) groups excluding carboxylic acids is 6. The first kappa shape index (κ1) is 36.0. The lowest BCUT2D eigenvalue weighted by molar-refractivity contribution is -0.131. The maximum atomic E-state index is 13.2. The fourth-order valence-corrected chi connectivity index (χ4v) is 12.0. The molecule has 0 aliphatic carbocycles. The smallest absolute Gasteiger partial charge is 0.302 e. The first-order valence-electron chi connectivity index (χ1n) is 89.1. The molecule has 144 heavy (non-hydrogen) atoms. The number of hydrogen-bond acceptors (Lipinski definition) is 24. The van der Waals surface area contributed by atoms with Gasteiger partial charge in [-0.1, -0.05) is 41.3 Å². The van der Waals surface area contributed by atoms with Crippen molar-refractivity contribution < 1.29 is 166 Å². The molecule has 6 saturated heterocycles. The molecule has 6 fully saturated rings. The van der Waals surface area contributed by atoms with Gasteiger partial charge in [0.1, 0.15) is 131 Å². The van der Waals surface area contributed by atoms with Crippen LogP contribution in [0, 0.1) is 116 Å². The zero-order chi connectivity index (χ0) is 191. The van der Waals surface area contributed by atoms with E-state index in [0.29, 0.717) is 11.9 Å². The summed E-state index contributed by atoms with van der Waals surface area (Å²) in [5.74, 6) is -42.7. The van der Waals surface area contributed by atoms with Gasteiger partial charge in [-0.05, 0) is 151 Å². The van der Waals surface area contributed by atoms with Gasteiger partial charge < -0.3 is 118 Å². The summed E-state index contributed by atoms with van der Waals surface area (Å²) in [4.78, 5) is 144. The summed E-state index contributed by atoms with van der Waals surface area (Å²) in [6.07, 6.45) is -30.1. The number of hydrogen-bond donors (Lipinski definition) is 6. The minimum absolute atomic E-state index is 0.0151. The molecular weight excluding hydrogens is 1830 g/mol. The lowest BCUT2D eigenvalue weighted by Gasteiger charge is -2.41. The van der Waals surface area contributed by atoms with E-state index in [1.54, 1.807) is 0 Å². The second-order valence-electron chi connectivity index (χ2n) is 27.9. The topological polar surface area (TPSA) is 417 Å². The molecule has 0 aromatic carbocycles. The maximum Gasteiger partial charge on any atom is 0.302 e. The number of piperidine rings is 6. The highest BCUT2D eigenvalue weighted by atomic mass is 16.2. The second kappa shape index (κ2) is 47.7. The lowest BCUT2D eigenvalue weighted by atomic mass is 9.92. The molecule has 18 rings (SSSR count). The molecular formula is C102H132N36O6. The van der Waals surface area contributed by atoms with E-state index in [1.165, 1.54) is 34.6 Å². The molecule has 0 spiro atoms. The Morgan fingerprint density at radius 3 is 0.868 bits per heavy atom. The van der Waals surface area contributed by atoms with E-state index < -0.39 is 512 Å². The molecule has 6 aliphatic rings. The van der Waals surface area contributed by atoms with E-state index in [-0.39, 0.29) is 87.8 Å². The molecule has 12 atom stereocenters. The highest BCUT2D eigenvalue weighted by molar-refractivity contribution is 5.94. The highest BCUT2D eigenvalue weighted by Crippen LogP contribution is 2.38. The van der Waals surface area contributed by atoms with Crippen molar-refractivity contribution in [3.63, 3.8) is 0 Å². The van der Waals surface area contributed by atoms with E-state index >= 15 is 0 Å². The largest absolute Gasteiger partial charge is 0.354 e. The third kappa shape index (κ3) is 24.5. The zero-order valence-corrected chi connectivity index (χ0v) is 74.0. The van der Waals surface area contributed by atoms with Crippen LogP contribution in [-0.4, -0.2) is 349 Å². The monoisotopic (exact) mass is 2060 g/mol. The van der Waals surface area contributed by atoms with Gasteiger partial charge in [0.05, 0.1) is 100.0 Å². The number of aromatic nitrogens is 18. The molecule has 0 saturated carbocycles. The number of nitrogens with zero attached hydrogens (tertiary/aromatic N) is 30. The molecule has 42 nitrogen and oxygen atoms in total. The summed E-state index contributed by atoms with van der Waals surface area (Å²) in [6.45, 7) is -60.6. The van der Waals surface area contributed by atoms with Gasteiger partial charge in [-0.25, -0.2) is 99.2 Å². The minimum atomic E-state index is -4.59. The quantitative estimate of drug-likeness (QED) is 0.0435. The maximum absolute atomic E-state index is 13.2. The summed E-state index contributed by atoms with van der Waals surface area (Å²) in [5, 5.41) is -3.32. The molecule has 756 valence electrons. The standard InChI is InChI=1S/6C17H22N6O/c6*1-11-5-6-23(15(24)8-18-3)9-14(11)22(4)17-13-7-12(2)21-16(13)19-10-20-17/h6*7,10-11,14H,5-6,8-9H2,1-2,4H3,(H,19,20,21)/t6*11-,14+/m111111/s1/i2*1D3,4D3,5D2,6D2,7D,8D2,9D2,10D,11D,14D;4D3,5D2,6D2,7D,8D2,9D2,10D,11D,14D;1D3,4D3,5D2,6D2,7D,8D2,9D2,10D,14D;1D3,4D3,5D2,6D2,7D,8D2,9D2,10D,11D;4D3,5D2,6D2,7D,8D2,9D2,10D,14D/hD. The fraction of sp³-hybridized carbons (Fsp3) is 0.529. The Kier molecular flexibility index (Phi) is 11.9.